The molecule has 0 N–H and O–H groups in total. The van der Waals surface area contributed by atoms with Crippen LogP contribution in [0.3, 0.4) is 0 Å². The molecule has 0 spiro atoms. The summed E-state index contributed by atoms with van der Waals surface area (Å²) in [6, 6.07) is 1.75. The van der Waals surface area contributed by atoms with E-state index in [4.69, 9.17) is 16.3 Å². The van der Waals surface area contributed by atoms with Crippen LogP contribution in [-0.4, -0.2) is 14.8 Å². The molecule has 102 valence electrons. The maximum Gasteiger partial charge on any atom is 0.139 e. The number of hydrogen-bond donors (Lipinski definition) is 0. The number of rotatable bonds is 5. The van der Waals surface area contributed by atoms with E-state index >= 15 is 0 Å². The van der Waals surface area contributed by atoms with Gasteiger partial charge in [0.2, 0.25) is 0 Å². The molecular weight excluding hydrogens is 330 g/mol. The zero-order valence-electron chi connectivity index (χ0n) is 10.9. The fourth-order valence-electron chi connectivity index (χ4n) is 1.78. The highest BCUT2D eigenvalue weighted by atomic mass is 79.9. The molecule has 0 aromatic carbocycles. The van der Waals surface area contributed by atoms with Crippen LogP contribution in [0.2, 0.25) is 5.02 Å². The Hall–Kier alpha value is -1.07. The molecule has 0 fully saturated rings. The first kappa shape index (κ1) is 14.3. The van der Waals surface area contributed by atoms with E-state index < -0.39 is 0 Å². The number of aromatic nitrogens is 3. The van der Waals surface area contributed by atoms with Crippen LogP contribution in [0.5, 0.6) is 5.75 Å². The minimum atomic E-state index is 0.434. The number of hydrogen-bond acceptors (Lipinski definition) is 3. The third-order valence-electron chi connectivity index (χ3n) is 2.75. The lowest BCUT2D eigenvalue weighted by Crippen LogP contribution is -2.06. The second-order valence-corrected chi connectivity index (χ2v) is 5.23. The van der Waals surface area contributed by atoms with Gasteiger partial charge in [0.1, 0.15) is 12.4 Å². The Morgan fingerprint density at radius 1 is 1.37 bits per heavy atom. The molecule has 0 saturated heterocycles. The molecule has 0 aliphatic rings. The standard InChI is InChI=1S/C13H15BrClN3O/c1-3-11-13(14)12(18(4-2)17-11)8-19-10-5-9(15)6-16-7-10/h5-7H,3-4,8H2,1-2H3. The van der Waals surface area contributed by atoms with Gasteiger partial charge in [-0.2, -0.15) is 5.10 Å². The fourth-order valence-corrected chi connectivity index (χ4v) is 2.62. The normalized spacial score (nSPS) is 10.7. The number of halogens is 2. The molecule has 0 aliphatic heterocycles. The van der Waals surface area contributed by atoms with Crippen molar-refractivity contribution in [3.8, 4) is 5.75 Å². The van der Waals surface area contributed by atoms with Crippen LogP contribution in [0.1, 0.15) is 25.2 Å². The number of pyridine rings is 1. The third-order valence-corrected chi connectivity index (χ3v) is 3.87. The van der Waals surface area contributed by atoms with Crippen molar-refractivity contribution in [2.24, 2.45) is 0 Å². The monoisotopic (exact) mass is 343 g/mol. The molecule has 0 unspecified atom stereocenters. The van der Waals surface area contributed by atoms with Gasteiger partial charge in [0, 0.05) is 18.8 Å². The molecule has 4 nitrogen and oxygen atoms in total. The van der Waals surface area contributed by atoms with Crippen LogP contribution in [0, 0.1) is 0 Å². The Labute approximate surface area is 125 Å². The summed E-state index contributed by atoms with van der Waals surface area (Å²) < 4.78 is 8.68. The molecule has 6 heteroatoms. The van der Waals surface area contributed by atoms with E-state index in [0.717, 1.165) is 28.8 Å². The zero-order chi connectivity index (χ0) is 13.8. The summed E-state index contributed by atoms with van der Waals surface area (Å²) in [5.74, 6) is 0.654. The second kappa shape index (κ2) is 6.39. The molecular formula is C13H15BrClN3O. The fraction of sp³-hybridized carbons (Fsp3) is 0.385. The largest absolute Gasteiger partial charge is 0.486 e. The average molecular weight is 345 g/mol. The third kappa shape index (κ3) is 3.28. The smallest absolute Gasteiger partial charge is 0.139 e. The lowest BCUT2D eigenvalue weighted by Gasteiger charge is -2.08. The first-order valence-electron chi connectivity index (χ1n) is 6.13. The van der Waals surface area contributed by atoms with Crippen molar-refractivity contribution in [1.82, 2.24) is 14.8 Å². The first-order valence-corrected chi connectivity index (χ1v) is 7.30. The zero-order valence-corrected chi connectivity index (χ0v) is 13.2. The average Bonchev–Trinajstić information content (AvgIpc) is 2.72. The molecule has 2 rings (SSSR count). The van der Waals surface area contributed by atoms with Crippen LogP contribution in [-0.2, 0) is 19.6 Å². The van der Waals surface area contributed by atoms with Gasteiger partial charge in [-0.3, -0.25) is 9.67 Å². The van der Waals surface area contributed by atoms with E-state index in [-0.39, 0.29) is 0 Å². The molecule has 0 radical (unpaired) electrons. The molecule has 19 heavy (non-hydrogen) atoms. The predicted molar refractivity (Wildman–Crippen MR) is 78.6 cm³/mol. The van der Waals surface area contributed by atoms with Gasteiger partial charge in [-0.05, 0) is 29.3 Å². The van der Waals surface area contributed by atoms with Gasteiger partial charge in [0.25, 0.3) is 0 Å². The van der Waals surface area contributed by atoms with E-state index in [1.807, 2.05) is 4.68 Å². The maximum absolute atomic E-state index is 5.87. The molecule has 0 aliphatic carbocycles. The van der Waals surface area contributed by atoms with Crippen LogP contribution in [0.25, 0.3) is 0 Å². The summed E-state index contributed by atoms with van der Waals surface area (Å²) in [6.45, 7) is 5.39. The summed E-state index contributed by atoms with van der Waals surface area (Å²) in [7, 11) is 0. The van der Waals surface area contributed by atoms with Crippen LogP contribution >= 0.6 is 27.5 Å². The van der Waals surface area contributed by atoms with E-state index in [9.17, 15) is 0 Å². The van der Waals surface area contributed by atoms with Gasteiger partial charge >= 0.3 is 0 Å². The van der Waals surface area contributed by atoms with E-state index in [1.165, 1.54) is 0 Å². The Kier molecular flexibility index (Phi) is 4.82. The molecule has 2 heterocycles. The predicted octanol–water partition coefficient (Wildman–Crippen LogP) is 3.86. The Morgan fingerprint density at radius 3 is 2.79 bits per heavy atom. The Bertz CT molecular complexity index is 571. The van der Waals surface area contributed by atoms with Crippen molar-refractivity contribution >= 4 is 27.5 Å². The summed E-state index contributed by atoms with van der Waals surface area (Å²) in [4.78, 5) is 3.99. The van der Waals surface area contributed by atoms with Crippen LogP contribution < -0.4 is 4.74 Å². The minimum absolute atomic E-state index is 0.434. The summed E-state index contributed by atoms with van der Waals surface area (Å²) in [6.07, 6.45) is 4.11. The van der Waals surface area contributed by atoms with Gasteiger partial charge in [-0.1, -0.05) is 18.5 Å². The maximum atomic E-state index is 5.87. The van der Waals surface area contributed by atoms with Crippen molar-refractivity contribution in [2.45, 2.75) is 33.4 Å². The van der Waals surface area contributed by atoms with Gasteiger partial charge in [0.15, 0.2) is 0 Å². The molecule has 0 atom stereocenters. The molecule has 0 saturated carbocycles. The van der Waals surface area contributed by atoms with Crippen LogP contribution in [0.4, 0.5) is 0 Å². The van der Waals surface area contributed by atoms with Crippen molar-refractivity contribution in [2.75, 3.05) is 0 Å². The topological polar surface area (TPSA) is 39.9 Å². The number of ether oxygens (including phenoxy) is 1. The highest BCUT2D eigenvalue weighted by Crippen LogP contribution is 2.24. The number of nitrogens with zero attached hydrogens (tertiary/aromatic N) is 3. The van der Waals surface area contributed by atoms with Gasteiger partial charge in [-0.15, -0.1) is 0 Å². The quantitative estimate of drug-likeness (QED) is 0.827. The lowest BCUT2D eigenvalue weighted by atomic mass is 10.3. The second-order valence-electron chi connectivity index (χ2n) is 4.00. The molecule has 0 bridgehead atoms. The van der Waals surface area contributed by atoms with Gasteiger partial charge in [0.05, 0.1) is 27.1 Å². The van der Waals surface area contributed by atoms with Gasteiger partial charge in [-0.25, -0.2) is 0 Å². The van der Waals surface area contributed by atoms with E-state index in [2.05, 4.69) is 39.9 Å². The summed E-state index contributed by atoms with van der Waals surface area (Å²) >= 11 is 9.46. The highest BCUT2D eigenvalue weighted by Gasteiger charge is 2.14. The summed E-state index contributed by atoms with van der Waals surface area (Å²) in [5, 5.41) is 5.09. The SMILES string of the molecule is CCc1nn(CC)c(COc2cncc(Cl)c2)c1Br. The molecule has 0 amide bonds. The Balaban J connectivity index is 2.17. The van der Waals surface area contributed by atoms with Gasteiger partial charge < -0.3 is 4.74 Å². The number of aryl methyl sites for hydroxylation is 2. The first-order chi connectivity index (χ1) is 9.15. The molecule has 2 aromatic heterocycles. The minimum Gasteiger partial charge on any atom is -0.486 e. The molecule has 2 aromatic rings. The summed E-state index contributed by atoms with van der Waals surface area (Å²) in [5.41, 5.74) is 2.07. The highest BCUT2D eigenvalue weighted by molar-refractivity contribution is 9.10. The van der Waals surface area contributed by atoms with Crippen molar-refractivity contribution in [1.29, 1.82) is 0 Å². The van der Waals surface area contributed by atoms with Crippen molar-refractivity contribution in [3.05, 3.63) is 39.3 Å². The lowest BCUT2D eigenvalue weighted by molar-refractivity contribution is 0.290. The van der Waals surface area contributed by atoms with E-state index in [0.29, 0.717) is 17.4 Å². The van der Waals surface area contributed by atoms with E-state index in [1.54, 1.807) is 18.5 Å². The Morgan fingerprint density at radius 2 is 2.16 bits per heavy atom. The van der Waals surface area contributed by atoms with Crippen molar-refractivity contribution in [3.63, 3.8) is 0 Å². The van der Waals surface area contributed by atoms with Crippen molar-refractivity contribution < 1.29 is 4.74 Å². The van der Waals surface area contributed by atoms with Crippen LogP contribution in [0.15, 0.2) is 22.9 Å².